The van der Waals surface area contributed by atoms with E-state index in [2.05, 4.69) is 36.5 Å². The van der Waals surface area contributed by atoms with Crippen LogP contribution in [0.15, 0.2) is 54.6 Å². The lowest BCUT2D eigenvalue weighted by Gasteiger charge is -2.36. The minimum atomic E-state index is -0.440. The lowest BCUT2D eigenvalue weighted by atomic mass is 9.92. The van der Waals surface area contributed by atoms with Gasteiger partial charge in [0.1, 0.15) is 6.04 Å². The number of nitrogens with zero attached hydrogens (tertiary/aromatic N) is 1. The zero-order chi connectivity index (χ0) is 20.8. The summed E-state index contributed by atoms with van der Waals surface area (Å²) in [7, 11) is 0. The Morgan fingerprint density at radius 3 is 2.34 bits per heavy atom. The Labute approximate surface area is 174 Å². The van der Waals surface area contributed by atoms with Crippen molar-refractivity contribution in [3.05, 3.63) is 71.3 Å². The minimum Gasteiger partial charge on any atom is -0.354 e. The largest absolute Gasteiger partial charge is 0.354 e. The van der Waals surface area contributed by atoms with Gasteiger partial charge in [0.2, 0.25) is 11.8 Å². The number of benzene rings is 2. The second kappa shape index (κ2) is 9.73. The smallest absolute Gasteiger partial charge is 0.243 e. The van der Waals surface area contributed by atoms with E-state index in [4.69, 9.17) is 0 Å². The van der Waals surface area contributed by atoms with E-state index in [-0.39, 0.29) is 23.7 Å². The highest BCUT2D eigenvalue weighted by molar-refractivity contribution is 5.88. The number of carbonyl (C=O) groups is 2. The summed E-state index contributed by atoms with van der Waals surface area (Å²) < 4.78 is 0. The van der Waals surface area contributed by atoms with Gasteiger partial charge in [0.15, 0.2) is 0 Å². The van der Waals surface area contributed by atoms with Crippen molar-refractivity contribution in [3.63, 3.8) is 0 Å². The quantitative estimate of drug-likeness (QED) is 0.764. The average molecular weight is 393 g/mol. The van der Waals surface area contributed by atoms with Crippen molar-refractivity contribution in [2.45, 2.75) is 58.5 Å². The molecule has 0 bridgehead atoms. The predicted molar refractivity (Wildman–Crippen MR) is 116 cm³/mol. The van der Waals surface area contributed by atoms with Gasteiger partial charge in [-0.05, 0) is 29.0 Å². The molecule has 1 heterocycles. The van der Waals surface area contributed by atoms with Crippen LogP contribution in [-0.4, -0.2) is 29.3 Å². The summed E-state index contributed by atoms with van der Waals surface area (Å²) in [4.78, 5) is 27.8. The molecule has 29 heavy (non-hydrogen) atoms. The molecule has 0 spiro atoms. The van der Waals surface area contributed by atoms with Crippen LogP contribution in [-0.2, 0) is 22.6 Å². The molecule has 0 aliphatic carbocycles. The number of fused-ring (bicyclic) bond motifs is 1. The molecule has 1 aliphatic heterocycles. The lowest BCUT2D eigenvalue weighted by molar-refractivity contribution is -0.142. The maximum atomic E-state index is 13.2. The number of amides is 2. The first-order valence-corrected chi connectivity index (χ1v) is 10.7. The summed E-state index contributed by atoms with van der Waals surface area (Å²) in [6, 6.07) is 18.0. The first-order valence-electron chi connectivity index (χ1n) is 10.7. The van der Waals surface area contributed by atoms with Gasteiger partial charge in [-0.1, -0.05) is 75.4 Å². The first kappa shape index (κ1) is 21.1. The molecular formula is C25H32N2O2. The van der Waals surface area contributed by atoms with Gasteiger partial charge in [-0.2, -0.15) is 0 Å². The third-order valence-electron chi connectivity index (χ3n) is 5.74. The summed E-state index contributed by atoms with van der Waals surface area (Å²) >= 11 is 0. The van der Waals surface area contributed by atoms with E-state index in [9.17, 15) is 9.59 Å². The standard InChI is InChI=1S/C25H32N2O2/c1-4-19(20-10-6-5-7-11-20)16-26-25(29)23-15-21-12-8-9-13-22(21)17-27(23)24(28)14-18(2)3/h5-13,18-19,23H,4,14-17H2,1-3H3,(H,26,29). The van der Waals surface area contributed by atoms with Crippen LogP contribution in [0, 0.1) is 5.92 Å². The molecule has 2 aromatic carbocycles. The van der Waals surface area contributed by atoms with Crippen LogP contribution in [0.3, 0.4) is 0 Å². The number of carbonyl (C=O) groups excluding carboxylic acids is 2. The van der Waals surface area contributed by atoms with Gasteiger partial charge < -0.3 is 10.2 Å². The summed E-state index contributed by atoms with van der Waals surface area (Å²) in [6.45, 7) is 7.31. The Morgan fingerprint density at radius 2 is 1.69 bits per heavy atom. The number of nitrogens with one attached hydrogen (secondary N) is 1. The van der Waals surface area contributed by atoms with Crippen molar-refractivity contribution in [2.75, 3.05) is 6.54 Å². The normalized spacial score (nSPS) is 17.0. The molecule has 3 rings (SSSR count). The molecule has 4 heteroatoms. The summed E-state index contributed by atoms with van der Waals surface area (Å²) in [5.41, 5.74) is 3.54. The third-order valence-corrected chi connectivity index (χ3v) is 5.74. The highest BCUT2D eigenvalue weighted by atomic mass is 16.2. The van der Waals surface area contributed by atoms with Crippen molar-refractivity contribution in [1.29, 1.82) is 0 Å². The van der Waals surface area contributed by atoms with Gasteiger partial charge in [-0.15, -0.1) is 0 Å². The lowest BCUT2D eigenvalue weighted by Crippen LogP contribution is -2.53. The maximum absolute atomic E-state index is 13.2. The molecule has 4 nitrogen and oxygen atoms in total. The van der Waals surface area contributed by atoms with E-state index < -0.39 is 6.04 Å². The molecule has 0 saturated carbocycles. The molecule has 2 amide bonds. The fourth-order valence-electron chi connectivity index (χ4n) is 4.05. The van der Waals surface area contributed by atoms with E-state index >= 15 is 0 Å². The van der Waals surface area contributed by atoms with Gasteiger partial charge in [-0.25, -0.2) is 0 Å². The summed E-state index contributed by atoms with van der Waals surface area (Å²) in [6.07, 6.45) is 2.00. The van der Waals surface area contributed by atoms with Gasteiger partial charge in [-0.3, -0.25) is 9.59 Å². The van der Waals surface area contributed by atoms with E-state index in [0.29, 0.717) is 25.9 Å². The fraction of sp³-hybridized carbons (Fsp3) is 0.440. The minimum absolute atomic E-state index is 0.0500. The molecule has 154 valence electrons. The monoisotopic (exact) mass is 392 g/mol. The zero-order valence-electron chi connectivity index (χ0n) is 17.7. The molecule has 0 saturated heterocycles. The first-order chi connectivity index (χ1) is 14.0. The van der Waals surface area contributed by atoms with E-state index in [1.165, 1.54) is 5.56 Å². The van der Waals surface area contributed by atoms with Crippen LogP contribution >= 0.6 is 0 Å². The Bertz CT molecular complexity index is 832. The molecular weight excluding hydrogens is 360 g/mol. The highest BCUT2D eigenvalue weighted by Crippen LogP contribution is 2.25. The maximum Gasteiger partial charge on any atom is 0.243 e. The zero-order valence-corrected chi connectivity index (χ0v) is 17.7. The molecule has 0 radical (unpaired) electrons. The second-order valence-electron chi connectivity index (χ2n) is 8.37. The van der Waals surface area contributed by atoms with Crippen LogP contribution in [0.25, 0.3) is 0 Å². The van der Waals surface area contributed by atoms with Crippen molar-refractivity contribution < 1.29 is 9.59 Å². The van der Waals surface area contributed by atoms with Gasteiger partial charge >= 0.3 is 0 Å². The van der Waals surface area contributed by atoms with Gasteiger partial charge in [0, 0.05) is 31.8 Å². The Hall–Kier alpha value is -2.62. The summed E-state index contributed by atoms with van der Waals surface area (Å²) in [5, 5.41) is 3.14. The van der Waals surface area contributed by atoms with Crippen molar-refractivity contribution in [3.8, 4) is 0 Å². The number of hydrogen-bond donors (Lipinski definition) is 1. The van der Waals surface area contributed by atoms with Crippen molar-refractivity contribution >= 4 is 11.8 Å². The number of hydrogen-bond acceptors (Lipinski definition) is 2. The van der Waals surface area contributed by atoms with Gasteiger partial charge in [0.25, 0.3) is 0 Å². The van der Waals surface area contributed by atoms with Crippen LogP contribution in [0.1, 0.15) is 56.2 Å². The fourth-order valence-corrected chi connectivity index (χ4v) is 4.05. The van der Waals surface area contributed by atoms with Crippen LogP contribution in [0.2, 0.25) is 0 Å². The Morgan fingerprint density at radius 1 is 1.03 bits per heavy atom. The molecule has 2 atom stereocenters. The topological polar surface area (TPSA) is 49.4 Å². The highest BCUT2D eigenvalue weighted by Gasteiger charge is 2.34. The average Bonchev–Trinajstić information content (AvgIpc) is 2.73. The van der Waals surface area contributed by atoms with E-state index in [1.807, 2.05) is 44.2 Å². The predicted octanol–water partition coefficient (Wildman–Crippen LogP) is 4.30. The molecule has 2 aromatic rings. The van der Waals surface area contributed by atoms with Crippen molar-refractivity contribution in [2.24, 2.45) is 5.92 Å². The van der Waals surface area contributed by atoms with Gasteiger partial charge in [0.05, 0.1) is 0 Å². The molecule has 1 aliphatic rings. The molecule has 1 N–H and O–H groups in total. The van der Waals surface area contributed by atoms with Crippen molar-refractivity contribution in [1.82, 2.24) is 10.2 Å². The molecule has 2 unspecified atom stereocenters. The van der Waals surface area contributed by atoms with Crippen LogP contribution < -0.4 is 5.32 Å². The molecule has 0 aromatic heterocycles. The van der Waals surface area contributed by atoms with Crippen LogP contribution in [0.5, 0.6) is 0 Å². The van der Waals surface area contributed by atoms with E-state index in [1.54, 1.807) is 4.90 Å². The number of rotatable bonds is 7. The summed E-state index contributed by atoms with van der Waals surface area (Å²) in [5.74, 6) is 0.553. The third kappa shape index (κ3) is 5.26. The molecule has 0 fully saturated rings. The SMILES string of the molecule is CCC(CNC(=O)C1Cc2ccccc2CN1C(=O)CC(C)C)c1ccccc1. The van der Waals surface area contributed by atoms with Crippen LogP contribution in [0.4, 0.5) is 0 Å². The Balaban J connectivity index is 1.74. The Kier molecular flexibility index (Phi) is 7.08. The van der Waals surface area contributed by atoms with E-state index in [0.717, 1.165) is 17.5 Å². The second-order valence-corrected chi connectivity index (χ2v) is 8.37.